The molecule has 1 aromatic rings. The number of nitrogens with zero attached hydrogens (tertiary/aromatic N) is 1. The van der Waals surface area contributed by atoms with Crippen molar-refractivity contribution in [3.8, 4) is 11.5 Å². The van der Waals surface area contributed by atoms with Gasteiger partial charge in [-0.2, -0.15) is 0 Å². The first-order valence-electron chi connectivity index (χ1n) is 9.07. The zero-order valence-corrected chi connectivity index (χ0v) is 14.6. The van der Waals surface area contributed by atoms with Gasteiger partial charge in [-0.25, -0.2) is 4.79 Å². The minimum Gasteiger partial charge on any atom is -0.458 e. The van der Waals surface area contributed by atoms with Gasteiger partial charge in [0.2, 0.25) is 6.79 Å². The molecule has 4 atom stereocenters. The number of rotatable bonds is 0. The van der Waals surface area contributed by atoms with Crippen LogP contribution in [0, 0.1) is 5.92 Å². The predicted molar refractivity (Wildman–Crippen MR) is 89.6 cm³/mol. The normalized spacial score (nSPS) is 32.9. The topological polar surface area (TPSA) is 48.0 Å². The highest BCUT2D eigenvalue weighted by Crippen LogP contribution is 2.50. The van der Waals surface area contributed by atoms with E-state index in [0.29, 0.717) is 23.3 Å². The summed E-state index contributed by atoms with van der Waals surface area (Å²) in [5, 5.41) is 0. The van der Waals surface area contributed by atoms with Crippen LogP contribution < -0.4 is 9.47 Å². The van der Waals surface area contributed by atoms with Gasteiger partial charge in [-0.3, -0.25) is 0 Å². The monoisotopic (exact) mass is 331 g/mol. The molecule has 5 heteroatoms. The number of likely N-dealkylation sites (tertiary alicyclic amines) is 1. The molecule has 0 amide bonds. The van der Waals surface area contributed by atoms with E-state index >= 15 is 0 Å². The number of fused-ring (bicyclic) bond motifs is 6. The smallest absolute Gasteiger partial charge is 0.338 e. The summed E-state index contributed by atoms with van der Waals surface area (Å²) in [6.45, 7) is 5.36. The highest BCUT2D eigenvalue weighted by Gasteiger charge is 2.50. The minimum atomic E-state index is -0.214. The van der Waals surface area contributed by atoms with E-state index in [4.69, 9.17) is 14.2 Å². The van der Waals surface area contributed by atoms with E-state index in [1.807, 2.05) is 19.9 Å². The number of carbonyl (C=O) groups is 1. The number of benzene rings is 1. The second-order valence-electron chi connectivity index (χ2n) is 6.86. The van der Waals surface area contributed by atoms with Crippen LogP contribution >= 0.6 is 0 Å². The molecule has 0 radical (unpaired) electrons. The van der Waals surface area contributed by atoms with Crippen molar-refractivity contribution in [3.05, 3.63) is 23.3 Å². The SMILES string of the molecule is CC.CN1CCC2CCC3OC(=O)c4cc5c(cc4C3C21)OCO5. The van der Waals surface area contributed by atoms with E-state index in [-0.39, 0.29) is 24.8 Å². The van der Waals surface area contributed by atoms with Crippen LogP contribution in [0.25, 0.3) is 0 Å². The molecule has 2 fully saturated rings. The molecule has 1 aliphatic carbocycles. The summed E-state index contributed by atoms with van der Waals surface area (Å²) in [6, 6.07) is 4.28. The van der Waals surface area contributed by atoms with Crippen molar-refractivity contribution in [2.24, 2.45) is 5.92 Å². The molecule has 5 rings (SSSR count). The number of hydrogen-bond donors (Lipinski definition) is 0. The second kappa shape index (κ2) is 5.96. The number of ether oxygens (including phenoxy) is 3. The molecule has 4 unspecified atom stereocenters. The molecule has 24 heavy (non-hydrogen) atoms. The second-order valence-corrected chi connectivity index (χ2v) is 6.86. The van der Waals surface area contributed by atoms with Crippen LogP contribution in [-0.2, 0) is 4.74 Å². The zero-order chi connectivity index (χ0) is 16.8. The molecule has 1 aromatic carbocycles. The van der Waals surface area contributed by atoms with Crippen molar-refractivity contribution in [3.63, 3.8) is 0 Å². The van der Waals surface area contributed by atoms with Crippen LogP contribution in [0.1, 0.15) is 54.9 Å². The lowest BCUT2D eigenvalue weighted by molar-refractivity contribution is -0.0124. The molecular formula is C19H25NO4. The van der Waals surface area contributed by atoms with Crippen LogP contribution in [-0.4, -0.2) is 43.4 Å². The van der Waals surface area contributed by atoms with Crippen molar-refractivity contribution < 1.29 is 19.0 Å². The van der Waals surface area contributed by atoms with E-state index in [1.165, 1.54) is 6.42 Å². The van der Waals surface area contributed by atoms with Crippen molar-refractivity contribution in [2.75, 3.05) is 20.4 Å². The van der Waals surface area contributed by atoms with Gasteiger partial charge >= 0.3 is 5.97 Å². The van der Waals surface area contributed by atoms with E-state index < -0.39 is 0 Å². The van der Waals surface area contributed by atoms with Gasteiger partial charge in [0.25, 0.3) is 0 Å². The Bertz CT molecular complexity index is 659. The number of hydrogen-bond acceptors (Lipinski definition) is 5. The summed E-state index contributed by atoms with van der Waals surface area (Å²) in [6.07, 6.45) is 3.38. The molecule has 3 aliphatic heterocycles. The maximum Gasteiger partial charge on any atom is 0.338 e. The van der Waals surface area contributed by atoms with Crippen LogP contribution in [0.3, 0.4) is 0 Å². The van der Waals surface area contributed by atoms with Crippen molar-refractivity contribution in [1.82, 2.24) is 4.90 Å². The quantitative estimate of drug-likeness (QED) is 0.683. The molecule has 1 saturated carbocycles. The predicted octanol–water partition coefficient (Wildman–Crippen LogP) is 3.18. The first kappa shape index (κ1) is 15.8. The molecular weight excluding hydrogens is 306 g/mol. The van der Waals surface area contributed by atoms with Gasteiger partial charge in [-0.15, -0.1) is 0 Å². The van der Waals surface area contributed by atoms with Gasteiger partial charge in [-0.1, -0.05) is 13.8 Å². The lowest BCUT2D eigenvalue weighted by atomic mass is 9.70. The Morgan fingerprint density at radius 1 is 1.08 bits per heavy atom. The Hall–Kier alpha value is -1.75. The van der Waals surface area contributed by atoms with Crippen molar-refractivity contribution >= 4 is 5.97 Å². The summed E-state index contributed by atoms with van der Waals surface area (Å²) in [5.41, 5.74) is 1.75. The highest BCUT2D eigenvalue weighted by molar-refractivity contribution is 5.94. The molecule has 1 saturated heterocycles. The van der Waals surface area contributed by atoms with Crippen LogP contribution in [0.5, 0.6) is 11.5 Å². The molecule has 5 nitrogen and oxygen atoms in total. The fraction of sp³-hybridized carbons (Fsp3) is 0.632. The highest BCUT2D eigenvalue weighted by atomic mass is 16.7. The Morgan fingerprint density at radius 3 is 2.62 bits per heavy atom. The van der Waals surface area contributed by atoms with Crippen LogP contribution in [0.4, 0.5) is 0 Å². The summed E-state index contributed by atoms with van der Waals surface area (Å²) < 4.78 is 16.7. The van der Waals surface area contributed by atoms with Gasteiger partial charge in [0.05, 0.1) is 5.56 Å². The standard InChI is InChI=1S/C17H19NO4.C2H6/c1-18-5-4-9-2-3-12-15(16(9)18)10-6-13-14(21-8-20-13)7-11(10)17(19)22-12;1-2/h6-7,9,12,15-16H,2-5,8H2,1H3;1-2H3. The maximum atomic E-state index is 12.4. The summed E-state index contributed by atoms with van der Waals surface area (Å²) in [4.78, 5) is 14.8. The lowest BCUT2D eigenvalue weighted by Crippen LogP contribution is -2.48. The molecule has 0 bridgehead atoms. The van der Waals surface area contributed by atoms with Crippen molar-refractivity contribution in [1.29, 1.82) is 0 Å². The van der Waals surface area contributed by atoms with Gasteiger partial charge in [0, 0.05) is 12.0 Å². The molecule has 0 spiro atoms. The summed E-state index contributed by atoms with van der Waals surface area (Å²) in [5.74, 6) is 2.17. The lowest BCUT2D eigenvalue weighted by Gasteiger charge is -2.45. The molecule has 3 heterocycles. The molecule has 4 aliphatic rings. The third kappa shape index (κ3) is 2.21. The Labute approximate surface area is 142 Å². The molecule has 130 valence electrons. The van der Waals surface area contributed by atoms with E-state index in [9.17, 15) is 4.79 Å². The van der Waals surface area contributed by atoms with Crippen molar-refractivity contribution in [2.45, 2.75) is 51.2 Å². The van der Waals surface area contributed by atoms with Gasteiger partial charge in [0.1, 0.15) is 6.10 Å². The van der Waals surface area contributed by atoms with Gasteiger partial charge < -0.3 is 19.1 Å². The number of carbonyl (C=O) groups excluding carboxylic acids is 1. The number of esters is 1. The zero-order valence-electron chi connectivity index (χ0n) is 14.6. The average Bonchev–Trinajstić information content (AvgIpc) is 3.21. The fourth-order valence-electron chi connectivity index (χ4n) is 4.84. The summed E-state index contributed by atoms with van der Waals surface area (Å²) in [7, 11) is 2.19. The van der Waals surface area contributed by atoms with E-state index in [0.717, 1.165) is 30.7 Å². The first-order chi connectivity index (χ1) is 11.7. The Morgan fingerprint density at radius 2 is 1.83 bits per heavy atom. The van der Waals surface area contributed by atoms with Gasteiger partial charge in [0.15, 0.2) is 11.5 Å². The Balaban J connectivity index is 0.000000704. The third-order valence-corrected chi connectivity index (χ3v) is 5.82. The largest absolute Gasteiger partial charge is 0.458 e. The van der Waals surface area contributed by atoms with E-state index in [1.54, 1.807) is 6.07 Å². The maximum absolute atomic E-state index is 12.4. The summed E-state index contributed by atoms with van der Waals surface area (Å²) >= 11 is 0. The molecule has 0 N–H and O–H groups in total. The Kier molecular flexibility index (Phi) is 3.91. The average molecular weight is 331 g/mol. The van der Waals surface area contributed by atoms with Crippen LogP contribution in [0.15, 0.2) is 12.1 Å². The first-order valence-corrected chi connectivity index (χ1v) is 9.07. The molecule has 0 aromatic heterocycles. The third-order valence-electron chi connectivity index (χ3n) is 5.82. The van der Waals surface area contributed by atoms with Gasteiger partial charge in [-0.05, 0) is 56.5 Å². The fourth-order valence-corrected chi connectivity index (χ4v) is 4.84. The van der Waals surface area contributed by atoms with E-state index in [2.05, 4.69) is 11.9 Å². The van der Waals surface area contributed by atoms with Crippen LogP contribution in [0.2, 0.25) is 0 Å². The minimum absolute atomic E-state index is 0.00201. The number of likely N-dealkylation sites (N-methyl/N-ethyl adjacent to an activating group) is 1.